The summed E-state index contributed by atoms with van der Waals surface area (Å²) >= 11 is 5.60. The topological polar surface area (TPSA) is 76.1 Å². The van der Waals surface area contributed by atoms with Crippen molar-refractivity contribution in [2.24, 2.45) is 0 Å². The Morgan fingerprint density at radius 2 is 1.93 bits per heavy atom. The van der Waals surface area contributed by atoms with Gasteiger partial charge in [-0.25, -0.2) is 4.39 Å². The van der Waals surface area contributed by atoms with Gasteiger partial charge in [0.25, 0.3) is 11.8 Å². The second-order valence-corrected chi connectivity index (χ2v) is 8.23. The van der Waals surface area contributed by atoms with Gasteiger partial charge in [-0.15, -0.1) is 10.2 Å². The summed E-state index contributed by atoms with van der Waals surface area (Å²) < 4.78 is 45.1. The standard InChI is InChI=1S/C19H18ClF3N4O2/c1-17(22,23)14-4-5-15(27-26-14)24-18-8-19(9-18,10-18)25-16(28)7-29-11-2-3-12(20)13(21)6-11/h2-6H,7-10H2,1H3,(H,24,27)(H,25,28). The van der Waals surface area contributed by atoms with E-state index in [0.29, 0.717) is 25.1 Å². The van der Waals surface area contributed by atoms with Crippen LogP contribution in [-0.4, -0.2) is 33.8 Å². The van der Waals surface area contributed by atoms with Gasteiger partial charge in [0.05, 0.1) is 5.02 Å². The summed E-state index contributed by atoms with van der Waals surface area (Å²) in [6.45, 7) is 0.534. The first kappa shape index (κ1) is 19.8. The van der Waals surface area contributed by atoms with E-state index in [2.05, 4.69) is 20.8 Å². The molecule has 154 valence electrons. The third kappa shape index (κ3) is 3.96. The predicted molar refractivity (Wildman–Crippen MR) is 99.6 cm³/mol. The molecule has 0 unspecified atom stereocenters. The van der Waals surface area contributed by atoms with Gasteiger partial charge in [-0.1, -0.05) is 11.6 Å². The molecule has 3 fully saturated rings. The molecule has 1 aromatic carbocycles. The number of aromatic nitrogens is 2. The van der Waals surface area contributed by atoms with E-state index in [1.165, 1.54) is 24.3 Å². The highest BCUT2D eigenvalue weighted by Crippen LogP contribution is 2.61. The average molecular weight is 427 g/mol. The largest absolute Gasteiger partial charge is 0.484 e. The summed E-state index contributed by atoms with van der Waals surface area (Å²) in [5.74, 6) is -3.31. The highest BCUT2D eigenvalue weighted by atomic mass is 35.5. The minimum atomic E-state index is -3.03. The normalized spacial score (nSPS) is 24.9. The lowest BCUT2D eigenvalue weighted by atomic mass is 9.44. The molecule has 3 aliphatic carbocycles. The number of hydrogen-bond acceptors (Lipinski definition) is 5. The highest BCUT2D eigenvalue weighted by molar-refractivity contribution is 6.30. The monoisotopic (exact) mass is 426 g/mol. The molecule has 0 saturated heterocycles. The van der Waals surface area contributed by atoms with Crippen molar-refractivity contribution in [3.8, 4) is 5.75 Å². The van der Waals surface area contributed by atoms with Gasteiger partial charge in [0.15, 0.2) is 6.61 Å². The zero-order chi connectivity index (χ0) is 20.9. The third-order valence-electron chi connectivity index (χ3n) is 5.20. The summed E-state index contributed by atoms with van der Waals surface area (Å²) in [7, 11) is 0. The van der Waals surface area contributed by atoms with Crippen LogP contribution in [0, 0.1) is 5.82 Å². The zero-order valence-electron chi connectivity index (χ0n) is 15.4. The number of rotatable bonds is 7. The maximum absolute atomic E-state index is 13.4. The van der Waals surface area contributed by atoms with Crippen LogP contribution in [0.4, 0.5) is 19.0 Å². The fourth-order valence-electron chi connectivity index (χ4n) is 4.01. The van der Waals surface area contributed by atoms with E-state index in [1.807, 2.05) is 0 Å². The molecule has 10 heteroatoms. The van der Waals surface area contributed by atoms with E-state index < -0.39 is 11.7 Å². The lowest BCUT2D eigenvalue weighted by Crippen LogP contribution is -2.81. The van der Waals surface area contributed by atoms with Crippen molar-refractivity contribution in [2.75, 3.05) is 11.9 Å². The van der Waals surface area contributed by atoms with Crippen molar-refractivity contribution in [3.63, 3.8) is 0 Å². The Morgan fingerprint density at radius 3 is 2.52 bits per heavy atom. The van der Waals surface area contributed by atoms with Crippen LogP contribution >= 0.6 is 11.6 Å². The molecule has 1 aromatic heterocycles. The van der Waals surface area contributed by atoms with Crippen LogP contribution in [-0.2, 0) is 10.7 Å². The number of hydrogen-bond donors (Lipinski definition) is 2. The van der Waals surface area contributed by atoms with Crippen molar-refractivity contribution < 1.29 is 22.7 Å². The number of carbonyl (C=O) groups excluding carboxylic acids is 1. The molecular weight excluding hydrogens is 409 g/mol. The fraction of sp³-hybridized carbons (Fsp3) is 0.421. The molecule has 5 rings (SSSR count). The van der Waals surface area contributed by atoms with Crippen LogP contribution in [0.15, 0.2) is 30.3 Å². The van der Waals surface area contributed by atoms with Crippen LogP contribution in [0.3, 0.4) is 0 Å². The van der Waals surface area contributed by atoms with E-state index in [-0.39, 0.29) is 40.1 Å². The summed E-state index contributed by atoms with van der Waals surface area (Å²) in [6, 6.07) is 6.69. The molecule has 2 aromatic rings. The number of anilines is 1. The van der Waals surface area contributed by atoms with Crippen molar-refractivity contribution in [1.82, 2.24) is 15.5 Å². The first-order valence-corrected chi connectivity index (χ1v) is 9.35. The molecule has 1 heterocycles. The van der Waals surface area contributed by atoms with Crippen LogP contribution in [0.5, 0.6) is 5.75 Å². The zero-order valence-corrected chi connectivity index (χ0v) is 16.2. The molecule has 0 radical (unpaired) electrons. The Morgan fingerprint density at radius 1 is 1.21 bits per heavy atom. The quantitative estimate of drug-likeness (QED) is 0.706. The number of amides is 1. The maximum atomic E-state index is 13.4. The Kier molecular flexibility index (Phi) is 4.60. The minimum Gasteiger partial charge on any atom is -0.484 e. The number of alkyl halides is 2. The Hall–Kier alpha value is -2.55. The number of nitrogens with one attached hydrogen (secondary N) is 2. The lowest BCUT2D eigenvalue weighted by molar-refractivity contribution is -0.135. The summed E-state index contributed by atoms with van der Waals surface area (Å²) in [5.41, 5.74) is -0.897. The van der Waals surface area contributed by atoms with E-state index in [0.717, 1.165) is 13.0 Å². The fourth-order valence-corrected chi connectivity index (χ4v) is 4.12. The predicted octanol–water partition coefficient (Wildman–Crippen LogP) is 3.66. The Bertz CT molecular complexity index is 930. The van der Waals surface area contributed by atoms with E-state index in [9.17, 15) is 18.0 Å². The number of nitrogens with zero attached hydrogens (tertiary/aromatic N) is 2. The molecule has 0 aliphatic heterocycles. The molecule has 29 heavy (non-hydrogen) atoms. The highest BCUT2D eigenvalue weighted by Gasteiger charge is 2.68. The van der Waals surface area contributed by atoms with Gasteiger partial charge in [-0.2, -0.15) is 8.78 Å². The second-order valence-electron chi connectivity index (χ2n) is 7.82. The number of benzene rings is 1. The smallest absolute Gasteiger partial charge is 0.288 e. The van der Waals surface area contributed by atoms with Gasteiger partial charge < -0.3 is 15.4 Å². The Labute approximate surface area is 169 Å². The van der Waals surface area contributed by atoms with E-state index in [1.54, 1.807) is 0 Å². The first-order chi connectivity index (χ1) is 13.6. The van der Waals surface area contributed by atoms with Gasteiger partial charge in [0.2, 0.25) is 0 Å². The van der Waals surface area contributed by atoms with Gasteiger partial charge in [-0.3, -0.25) is 4.79 Å². The van der Waals surface area contributed by atoms with Gasteiger partial charge in [0, 0.05) is 24.1 Å². The van der Waals surface area contributed by atoms with Crippen molar-refractivity contribution in [2.45, 2.75) is 43.2 Å². The molecule has 6 nitrogen and oxygen atoms in total. The molecule has 0 spiro atoms. The number of carbonyl (C=O) groups is 1. The van der Waals surface area contributed by atoms with Crippen molar-refractivity contribution in [3.05, 3.63) is 46.9 Å². The average Bonchev–Trinajstić information content (AvgIpc) is 2.59. The molecule has 0 atom stereocenters. The summed E-state index contributed by atoms with van der Waals surface area (Å²) in [5, 5.41) is 13.5. The summed E-state index contributed by atoms with van der Waals surface area (Å²) in [4.78, 5) is 12.1. The van der Waals surface area contributed by atoms with Crippen LogP contribution in [0.25, 0.3) is 0 Å². The molecule has 2 N–H and O–H groups in total. The molecule has 1 amide bonds. The molecule has 3 aliphatic rings. The van der Waals surface area contributed by atoms with Gasteiger partial charge in [-0.05, 0) is 43.5 Å². The second kappa shape index (κ2) is 6.76. The van der Waals surface area contributed by atoms with Crippen molar-refractivity contribution in [1.29, 1.82) is 0 Å². The summed E-state index contributed by atoms with van der Waals surface area (Å²) in [6.07, 6.45) is 2.07. The van der Waals surface area contributed by atoms with Crippen LogP contribution < -0.4 is 15.4 Å². The molecule has 2 bridgehead atoms. The number of halogens is 4. The van der Waals surface area contributed by atoms with Gasteiger partial charge >= 0.3 is 0 Å². The number of ether oxygens (including phenoxy) is 1. The maximum Gasteiger partial charge on any atom is 0.288 e. The molecule has 3 saturated carbocycles. The minimum absolute atomic E-state index is 0.0174. The van der Waals surface area contributed by atoms with Crippen LogP contribution in [0.1, 0.15) is 31.9 Å². The third-order valence-corrected chi connectivity index (χ3v) is 5.51. The Balaban J connectivity index is 1.24. The van der Waals surface area contributed by atoms with Crippen molar-refractivity contribution >= 4 is 23.3 Å². The van der Waals surface area contributed by atoms with Gasteiger partial charge in [0.1, 0.15) is 23.1 Å². The van der Waals surface area contributed by atoms with Crippen LogP contribution in [0.2, 0.25) is 5.02 Å². The van der Waals surface area contributed by atoms with E-state index in [4.69, 9.17) is 16.3 Å². The first-order valence-electron chi connectivity index (χ1n) is 8.97. The SMILES string of the molecule is CC(F)(F)c1ccc(NC23CC(NC(=O)COc4ccc(Cl)c(F)c4)(C2)C3)nn1. The lowest BCUT2D eigenvalue weighted by Gasteiger charge is -2.70. The molecular formula is C19H18ClF3N4O2. The van der Waals surface area contributed by atoms with E-state index >= 15 is 0 Å².